The topological polar surface area (TPSA) is 69.6 Å². The molecule has 1 aromatic heterocycles. The van der Waals surface area contributed by atoms with Crippen LogP contribution >= 0.6 is 0 Å². The van der Waals surface area contributed by atoms with E-state index in [-0.39, 0.29) is 17.9 Å². The van der Waals surface area contributed by atoms with Crippen molar-refractivity contribution in [2.24, 2.45) is 0 Å². The van der Waals surface area contributed by atoms with Crippen LogP contribution in [0.1, 0.15) is 13.8 Å². The fourth-order valence-electron chi connectivity index (χ4n) is 3.01. The zero-order valence-electron chi connectivity index (χ0n) is 12.4. The maximum atomic E-state index is 13.2. The number of aromatic nitrogens is 2. The van der Waals surface area contributed by atoms with E-state index in [9.17, 15) is 14.3 Å². The van der Waals surface area contributed by atoms with Crippen LogP contribution in [0.5, 0.6) is 0 Å². The second-order valence-corrected chi connectivity index (χ2v) is 5.65. The molecule has 1 N–H and O–H groups in total. The van der Waals surface area contributed by atoms with Gasteiger partial charge in [0, 0.05) is 19.2 Å². The molecule has 0 spiro atoms. The van der Waals surface area contributed by atoms with Crippen molar-refractivity contribution < 1.29 is 14.3 Å². The zero-order valence-corrected chi connectivity index (χ0v) is 12.4. The Morgan fingerprint density at radius 3 is 2.59 bits per heavy atom. The van der Waals surface area contributed by atoms with Crippen molar-refractivity contribution >= 4 is 22.9 Å². The Labute approximate surface area is 127 Å². The lowest BCUT2D eigenvalue weighted by Crippen LogP contribution is -2.58. The minimum atomic E-state index is -0.903. The molecule has 22 heavy (non-hydrogen) atoms. The standard InChI is InChI=1S/C15H17FN4O2/c1-9-7-19(8-10(2)20(9)15(21)22)14-6-17-13-5-11(16)3-4-12(13)18-14/h3-6,9-10H,7-8H2,1-2H3,(H,21,22)/t9-,10-/m1/s1. The summed E-state index contributed by atoms with van der Waals surface area (Å²) in [7, 11) is 0. The third kappa shape index (κ3) is 2.54. The predicted octanol–water partition coefficient (Wildman–Crippen LogP) is 2.35. The Morgan fingerprint density at radius 2 is 1.95 bits per heavy atom. The molecule has 1 saturated heterocycles. The lowest BCUT2D eigenvalue weighted by molar-refractivity contribution is 0.0981. The Bertz CT molecular complexity index is 712. The van der Waals surface area contributed by atoms with E-state index in [1.165, 1.54) is 17.0 Å². The molecule has 0 saturated carbocycles. The molecule has 0 aliphatic carbocycles. The van der Waals surface area contributed by atoms with Crippen LogP contribution in [0.2, 0.25) is 0 Å². The summed E-state index contributed by atoms with van der Waals surface area (Å²) in [6.45, 7) is 4.86. The quantitative estimate of drug-likeness (QED) is 0.875. The van der Waals surface area contributed by atoms with Gasteiger partial charge in [-0.1, -0.05) is 0 Å². The Morgan fingerprint density at radius 1 is 1.27 bits per heavy atom. The lowest BCUT2D eigenvalue weighted by atomic mass is 10.1. The van der Waals surface area contributed by atoms with Gasteiger partial charge in [-0.3, -0.25) is 9.88 Å². The average Bonchev–Trinajstić information content (AvgIpc) is 2.45. The fraction of sp³-hybridized carbons (Fsp3) is 0.400. The highest BCUT2D eigenvalue weighted by Crippen LogP contribution is 2.22. The smallest absolute Gasteiger partial charge is 0.407 e. The van der Waals surface area contributed by atoms with Crippen LogP contribution < -0.4 is 4.90 Å². The van der Waals surface area contributed by atoms with E-state index in [0.29, 0.717) is 29.9 Å². The van der Waals surface area contributed by atoms with Gasteiger partial charge in [-0.25, -0.2) is 14.2 Å². The first-order valence-electron chi connectivity index (χ1n) is 7.14. The predicted molar refractivity (Wildman–Crippen MR) is 80.5 cm³/mol. The minimum absolute atomic E-state index is 0.132. The number of benzene rings is 1. The van der Waals surface area contributed by atoms with Gasteiger partial charge in [-0.15, -0.1) is 0 Å². The Kier molecular flexibility index (Phi) is 3.56. The molecule has 0 bridgehead atoms. The number of amides is 1. The van der Waals surface area contributed by atoms with Gasteiger partial charge < -0.3 is 10.0 Å². The monoisotopic (exact) mass is 304 g/mol. The van der Waals surface area contributed by atoms with Gasteiger partial charge in [-0.05, 0) is 26.0 Å². The summed E-state index contributed by atoms with van der Waals surface area (Å²) >= 11 is 0. The van der Waals surface area contributed by atoms with Crippen molar-refractivity contribution in [3.63, 3.8) is 0 Å². The largest absolute Gasteiger partial charge is 0.465 e. The summed E-state index contributed by atoms with van der Waals surface area (Å²) in [6, 6.07) is 4.04. The van der Waals surface area contributed by atoms with Crippen LogP contribution in [0.3, 0.4) is 0 Å². The van der Waals surface area contributed by atoms with E-state index in [4.69, 9.17) is 0 Å². The zero-order chi connectivity index (χ0) is 15.9. The average molecular weight is 304 g/mol. The number of fused-ring (bicyclic) bond motifs is 1. The van der Waals surface area contributed by atoms with Crippen molar-refractivity contribution in [1.29, 1.82) is 0 Å². The maximum absolute atomic E-state index is 13.2. The van der Waals surface area contributed by atoms with Gasteiger partial charge in [0.2, 0.25) is 0 Å². The molecular weight excluding hydrogens is 287 g/mol. The number of hydrogen-bond acceptors (Lipinski definition) is 4. The van der Waals surface area contributed by atoms with Crippen LogP contribution in [-0.4, -0.2) is 51.2 Å². The number of carboxylic acid groups (broad SMARTS) is 1. The number of anilines is 1. The molecule has 1 aliphatic heterocycles. The normalized spacial score (nSPS) is 22.1. The van der Waals surface area contributed by atoms with E-state index >= 15 is 0 Å². The molecule has 2 aromatic rings. The summed E-state index contributed by atoms with van der Waals surface area (Å²) in [5.74, 6) is 0.342. The summed E-state index contributed by atoms with van der Waals surface area (Å²) in [5.41, 5.74) is 1.13. The van der Waals surface area contributed by atoms with Gasteiger partial charge in [-0.2, -0.15) is 0 Å². The molecule has 0 unspecified atom stereocenters. The lowest BCUT2D eigenvalue weighted by Gasteiger charge is -2.43. The summed E-state index contributed by atoms with van der Waals surface area (Å²) in [6.07, 6.45) is 0.706. The van der Waals surface area contributed by atoms with Crippen molar-refractivity contribution in [1.82, 2.24) is 14.9 Å². The van der Waals surface area contributed by atoms with E-state index in [0.717, 1.165) is 0 Å². The highest BCUT2D eigenvalue weighted by molar-refractivity contribution is 5.75. The third-order valence-electron chi connectivity index (χ3n) is 3.96. The van der Waals surface area contributed by atoms with Crippen LogP contribution in [0.4, 0.5) is 15.0 Å². The number of hydrogen-bond donors (Lipinski definition) is 1. The molecule has 0 radical (unpaired) electrons. The maximum Gasteiger partial charge on any atom is 0.407 e. The number of nitrogens with zero attached hydrogens (tertiary/aromatic N) is 4. The van der Waals surface area contributed by atoms with Gasteiger partial charge in [0.05, 0.1) is 29.3 Å². The first kappa shape index (κ1) is 14.5. The molecule has 6 nitrogen and oxygen atoms in total. The molecule has 3 rings (SSSR count). The first-order chi connectivity index (χ1) is 10.5. The molecule has 1 aromatic carbocycles. The molecule has 1 fully saturated rings. The number of rotatable bonds is 1. The van der Waals surface area contributed by atoms with Crippen molar-refractivity contribution in [3.8, 4) is 0 Å². The van der Waals surface area contributed by atoms with Crippen LogP contribution in [-0.2, 0) is 0 Å². The van der Waals surface area contributed by atoms with Crippen LogP contribution in [0.25, 0.3) is 11.0 Å². The molecule has 1 aliphatic rings. The van der Waals surface area contributed by atoms with Crippen LogP contribution in [0, 0.1) is 5.82 Å². The molecular formula is C15H17FN4O2. The van der Waals surface area contributed by atoms with Gasteiger partial charge in [0.25, 0.3) is 0 Å². The van der Waals surface area contributed by atoms with Crippen LogP contribution in [0.15, 0.2) is 24.4 Å². The SMILES string of the molecule is C[C@@H]1CN(c2cnc3cc(F)ccc3n2)C[C@@H](C)N1C(=O)O. The van der Waals surface area contributed by atoms with Crippen molar-refractivity contribution in [3.05, 3.63) is 30.2 Å². The Balaban J connectivity index is 1.88. The van der Waals surface area contributed by atoms with Crippen molar-refractivity contribution in [2.75, 3.05) is 18.0 Å². The van der Waals surface area contributed by atoms with E-state index in [1.54, 1.807) is 12.3 Å². The molecule has 116 valence electrons. The van der Waals surface area contributed by atoms with E-state index < -0.39 is 6.09 Å². The van der Waals surface area contributed by atoms with Crippen molar-refractivity contribution in [2.45, 2.75) is 25.9 Å². The molecule has 7 heteroatoms. The first-order valence-corrected chi connectivity index (χ1v) is 7.14. The molecule has 1 amide bonds. The fourth-order valence-corrected chi connectivity index (χ4v) is 3.01. The number of halogens is 1. The molecule has 2 heterocycles. The van der Waals surface area contributed by atoms with E-state index in [2.05, 4.69) is 9.97 Å². The highest BCUT2D eigenvalue weighted by Gasteiger charge is 2.33. The number of carbonyl (C=O) groups is 1. The summed E-state index contributed by atoms with van der Waals surface area (Å²) in [4.78, 5) is 23.5. The second kappa shape index (κ2) is 5.40. The van der Waals surface area contributed by atoms with Gasteiger partial charge >= 0.3 is 6.09 Å². The Hall–Kier alpha value is -2.44. The van der Waals surface area contributed by atoms with E-state index in [1.807, 2.05) is 18.7 Å². The third-order valence-corrected chi connectivity index (χ3v) is 3.96. The molecule has 2 atom stereocenters. The minimum Gasteiger partial charge on any atom is -0.465 e. The highest BCUT2D eigenvalue weighted by atomic mass is 19.1. The van der Waals surface area contributed by atoms with Gasteiger partial charge in [0.1, 0.15) is 11.6 Å². The van der Waals surface area contributed by atoms with Gasteiger partial charge in [0.15, 0.2) is 0 Å². The number of piperazine rings is 1. The second-order valence-electron chi connectivity index (χ2n) is 5.65. The summed E-state index contributed by atoms with van der Waals surface area (Å²) < 4.78 is 13.2. The summed E-state index contributed by atoms with van der Waals surface area (Å²) in [5, 5.41) is 9.25.